The zero-order valence-electron chi connectivity index (χ0n) is 12.4. The molecule has 0 aromatic carbocycles. The van der Waals surface area contributed by atoms with Crippen molar-refractivity contribution in [3.63, 3.8) is 0 Å². The Bertz CT molecular complexity index is 249. The monoisotopic (exact) mass is 254 g/mol. The van der Waals surface area contributed by atoms with E-state index in [9.17, 15) is 0 Å². The summed E-state index contributed by atoms with van der Waals surface area (Å²) in [7, 11) is 0. The highest BCUT2D eigenvalue weighted by Gasteiger charge is 2.42. The second-order valence-electron chi connectivity index (χ2n) is 6.63. The summed E-state index contributed by atoms with van der Waals surface area (Å²) in [6, 6.07) is 0.626. The topological polar surface area (TPSA) is 24.5 Å². The first-order chi connectivity index (χ1) is 8.62. The van der Waals surface area contributed by atoms with Gasteiger partial charge in [0.2, 0.25) is 0 Å². The van der Waals surface area contributed by atoms with Crippen LogP contribution in [0.25, 0.3) is 0 Å². The van der Waals surface area contributed by atoms with Gasteiger partial charge >= 0.3 is 0 Å². The van der Waals surface area contributed by atoms with Gasteiger partial charge in [0.15, 0.2) is 0 Å². The van der Waals surface area contributed by atoms with E-state index in [-0.39, 0.29) is 0 Å². The Morgan fingerprint density at radius 3 is 2.72 bits per heavy atom. The smallest absolute Gasteiger partial charge is 0.0593 e. The molecule has 1 heterocycles. The van der Waals surface area contributed by atoms with E-state index in [1.807, 2.05) is 0 Å². The van der Waals surface area contributed by atoms with E-state index in [1.165, 1.54) is 38.8 Å². The standard InChI is InChI=1S/C15H30N2O/c1-13(2)11-18-9-8-17-10-14(3)16-12-15(17)6-4-5-7-15/h13-14,16H,4-12H2,1-3H3. The van der Waals surface area contributed by atoms with E-state index in [0.717, 1.165) is 19.8 Å². The van der Waals surface area contributed by atoms with E-state index in [1.54, 1.807) is 0 Å². The Morgan fingerprint density at radius 1 is 1.33 bits per heavy atom. The molecule has 1 atom stereocenters. The number of ether oxygens (including phenoxy) is 1. The molecule has 1 saturated heterocycles. The molecule has 1 saturated carbocycles. The van der Waals surface area contributed by atoms with Gasteiger partial charge in [0.05, 0.1) is 6.61 Å². The van der Waals surface area contributed by atoms with Crippen LogP contribution in [0, 0.1) is 5.92 Å². The highest BCUT2D eigenvalue weighted by atomic mass is 16.5. The third-order valence-corrected chi connectivity index (χ3v) is 4.44. The summed E-state index contributed by atoms with van der Waals surface area (Å²) >= 11 is 0. The number of hydrogen-bond acceptors (Lipinski definition) is 3. The van der Waals surface area contributed by atoms with Crippen LogP contribution in [-0.4, -0.2) is 49.3 Å². The number of nitrogens with zero attached hydrogens (tertiary/aromatic N) is 1. The minimum absolute atomic E-state index is 0.452. The molecular formula is C15H30N2O. The van der Waals surface area contributed by atoms with Crippen molar-refractivity contribution in [2.75, 3.05) is 32.8 Å². The van der Waals surface area contributed by atoms with Crippen molar-refractivity contribution >= 4 is 0 Å². The molecular weight excluding hydrogens is 224 g/mol. The van der Waals surface area contributed by atoms with E-state index in [0.29, 0.717) is 17.5 Å². The van der Waals surface area contributed by atoms with Gasteiger partial charge in [-0.2, -0.15) is 0 Å². The molecule has 106 valence electrons. The van der Waals surface area contributed by atoms with Gasteiger partial charge in [-0.1, -0.05) is 26.7 Å². The normalized spacial score (nSPS) is 28.3. The van der Waals surface area contributed by atoms with Crippen LogP contribution >= 0.6 is 0 Å². The van der Waals surface area contributed by atoms with Gasteiger partial charge in [-0.05, 0) is 25.7 Å². The molecule has 0 aromatic rings. The average Bonchev–Trinajstić information content (AvgIpc) is 2.79. The first-order valence-corrected chi connectivity index (χ1v) is 7.68. The van der Waals surface area contributed by atoms with Crippen LogP contribution in [0.2, 0.25) is 0 Å². The fourth-order valence-corrected chi connectivity index (χ4v) is 3.41. The quantitative estimate of drug-likeness (QED) is 0.762. The van der Waals surface area contributed by atoms with Crippen molar-refractivity contribution in [1.82, 2.24) is 10.2 Å². The molecule has 0 amide bonds. The first-order valence-electron chi connectivity index (χ1n) is 7.68. The summed E-state index contributed by atoms with van der Waals surface area (Å²) in [6.07, 6.45) is 5.55. The molecule has 0 radical (unpaired) electrons. The van der Waals surface area contributed by atoms with Crippen LogP contribution in [0.1, 0.15) is 46.5 Å². The van der Waals surface area contributed by atoms with Crippen LogP contribution in [0.4, 0.5) is 0 Å². The summed E-state index contributed by atoms with van der Waals surface area (Å²) < 4.78 is 5.77. The lowest BCUT2D eigenvalue weighted by atomic mass is 9.91. The molecule has 1 aliphatic heterocycles. The highest BCUT2D eigenvalue weighted by molar-refractivity contribution is 5.01. The zero-order valence-corrected chi connectivity index (χ0v) is 12.4. The Morgan fingerprint density at radius 2 is 2.06 bits per heavy atom. The van der Waals surface area contributed by atoms with Gasteiger partial charge in [-0.25, -0.2) is 0 Å². The number of hydrogen-bond donors (Lipinski definition) is 1. The largest absolute Gasteiger partial charge is 0.380 e. The molecule has 2 fully saturated rings. The SMILES string of the molecule is CC(C)COCCN1CC(C)NCC12CCCC2. The van der Waals surface area contributed by atoms with E-state index in [2.05, 4.69) is 31.0 Å². The van der Waals surface area contributed by atoms with Crippen LogP contribution < -0.4 is 5.32 Å². The number of piperazine rings is 1. The van der Waals surface area contributed by atoms with Crippen LogP contribution in [0.15, 0.2) is 0 Å². The molecule has 1 unspecified atom stereocenters. The van der Waals surface area contributed by atoms with Gasteiger partial charge < -0.3 is 10.1 Å². The van der Waals surface area contributed by atoms with Gasteiger partial charge in [-0.15, -0.1) is 0 Å². The Kier molecular flexibility index (Phi) is 5.05. The summed E-state index contributed by atoms with van der Waals surface area (Å²) in [6.45, 7) is 12.0. The highest BCUT2D eigenvalue weighted by Crippen LogP contribution is 2.36. The lowest BCUT2D eigenvalue weighted by Gasteiger charge is -2.47. The maximum Gasteiger partial charge on any atom is 0.0593 e. The fourth-order valence-electron chi connectivity index (χ4n) is 3.41. The molecule has 2 aliphatic rings. The number of nitrogens with one attached hydrogen (secondary N) is 1. The van der Waals surface area contributed by atoms with Gasteiger partial charge in [0, 0.05) is 37.8 Å². The molecule has 0 aromatic heterocycles. The van der Waals surface area contributed by atoms with Crippen molar-refractivity contribution in [1.29, 1.82) is 0 Å². The van der Waals surface area contributed by atoms with Crippen LogP contribution in [0.5, 0.6) is 0 Å². The molecule has 1 spiro atoms. The van der Waals surface area contributed by atoms with Crippen molar-refractivity contribution in [3.8, 4) is 0 Å². The third-order valence-electron chi connectivity index (χ3n) is 4.44. The summed E-state index contributed by atoms with van der Waals surface area (Å²) in [5, 5.41) is 3.67. The maximum atomic E-state index is 5.77. The average molecular weight is 254 g/mol. The molecule has 18 heavy (non-hydrogen) atoms. The molecule has 3 nitrogen and oxygen atoms in total. The molecule has 3 heteroatoms. The lowest BCUT2D eigenvalue weighted by molar-refractivity contribution is 0.0108. The van der Waals surface area contributed by atoms with Gasteiger partial charge in [0.25, 0.3) is 0 Å². The second-order valence-corrected chi connectivity index (χ2v) is 6.63. The second kappa shape index (κ2) is 6.36. The van der Waals surface area contributed by atoms with Gasteiger partial charge in [-0.3, -0.25) is 4.90 Å². The Labute approximate surface area is 112 Å². The predicted molar refractivity (Wildman–Crippen MR) is 75.9 cm³/mol. The summed E-state index contributed by atoms with van der Waals surface area (Å²) in [5.74, 6) is 0.646. The van der Waals surface area contributed by atoms with Gasteiger partial charge in [0.1, 0.15) is 0 Å². The predicted octanol–water partition coefficient (Wildman–Crippen LogP) is 2.27. The van der Waals surface area contributed by atoms with Crippen molar-refractivity contribution in [2.45, 2.75) is 58.0 Å². The van der Waals surface area contributed by atoms with E-state index in [4.69, 9.17) is 4.74 Å². The minimum atomic E-state index is 0.452. The fraction of sp³-hybridized carbons (Fsp3) is 1.00. The maximum absolute atomic E-state index is 5.77. The molecule has 0 bridgehead atoms. The number of rotatable bonds is 5. The Hall–Kier alpha value is -0.120. The third kappa shape index (κ3) is 3.46. The van der Waals surface area contributed by atoms with E-state index < -0.39 is 0 Å². The lowest BCUT2D eigenvalue weighted by Crippen LogP contribution is -2.63. The van der Waals surface area contributed by atoms with Crippen molar-refractivity contribution < 1.29 is 4.74 Å². The Balaban J connectivity index is 1.82. The van der Waals surface area contributed by atoms with E-state index >= 15 is 0 Å². The first kappa shape index (κ1) is 14.3. The molecule has 2 rings (SSSR count). The summed E-state index contributed by atoms with van der Waals surface area (Å²) in [4.78, 5) is 2.71. The zero-order chi connectivity index (χ0) is 13.0. The molecule has 1 aliphatic carbocycles. The van der Waals surface area contributed by atoms with Crippen LogP contribution in [-0.2, 0) is 4.74 Å². The van der Waals surface area contributed by atoms with Crippen molar-refractivity contribution in [2.24, 2.45) is 5.92 Å². The van der Waals surface area contributed by atoms with Crippen molar-refractivity contribution in [3.05, 3.63) is 0 Å². The molecule has 1 N–H and O–H groups in total. The summed E-state index contributed by atoms with van der Waals surface area (Å²) in [5.41, 5.74) is 0.452. The minimum Gasteiger partial charge on any atom is -0.380 e. The van der Waals surface area contributed by atoms with Crippen LogP contribution in [0.3, 0.4) is 0 Å².